The van der Waals surface area contributed by atoms with Crippen molar-refractivity contribution in [3.8, 4) is 5.75 Å². The van der Waals surface area contributed by atoms with E-state index in [0.29, 0.717) is 0 Å². The molecule has 0 aromatic heterocycles. The number of hydrogen-bond donors (Lipinski definition) is 1. The molecule has 0 aliphatic rings. The maximum absolute atomic E-state index is 12.1. The van der Waals surface area contributed by atoms with E-state index < -0.39 is 17.4 Å². The third-order valence-corrected chi connectivity index (χ3v) is 2.77. The lowest BCUT2D eigenvalue weighted by molar-refractivity contribution is -0.131. The van der Waals surface area contributed by atoms with E-state index in [1.165, 1.54) is 11.5 Å². The Morgan fingerprint density at radius 3 is 2.37 bits per heavy atom. The Morgan fingerprint density at radius 2 is 1.84 bits per heavy atom. The van der Waals surface area contributed by atoms with Crippen molar-refractivity contribution < 1.29 is 14.3 Å². The molecule has 1 amide bonds. The van der Waals surface area contributed by atoms with Gasteiger partial charge in [0.2, 0.25) is 0 Å². The summed E-state index contributed by atoms with van der Waals surface area (Å²) in [5.74, 6) is -0.730. The molecule has 1 rings (SSSR count). The Hall–Kier alpha value is -1.59. The zero-order valence-corrected chi connectivity index (χ0v) is 12.1. The summed E-state index contributed by atoms with van der Waals surface area (Å²) in [6, 6.07) is 6.46. The van der Waals surface area contributed by atoms with Crippen LogP contribution in [0.25, 0.3) is 0 Å². The first kappa shape index (κ1) is 15.5. The van der Waals surface area contributed by atoms with Crippen LogP contribution in [0, 0.1) is 0 Å². The summed E-state index contributed by atoms with van der Waals surface area (Å²) in [7, 11) is 0. The predicted octanol–water partition coefficient (Wildman–Crippen LogP) is 2.51. The van der Waals surface area contributed by atoms with Crippen LogP contribution in [0.4, 0.5) is 0 Å². The van der Waals surface area contributed by atoms with Crippen molar-refractivity contribution in [2.45, 2.75) is 33.2 Å². The van der Waals surface area contributed by atoms with E-state index in [4.69, 9.17) is 16.5 Å². The fourth-order valence-corrected chi connectivity index (χ4v) is 1.29. The minimum Gasteiger partial charge on any atom is -0.426 e. The van der Waals surface area contributed by atoms with E-state index in [1.54, 1.807) is 24.3 Å². The maximum atomic E-state index is 12.1. The molecule has 0 fully saturated rings. The number of ether oxygens (including phenoxy) is 1. The zero-order valence-electron chi connectivity index (χ0n) is 11.4. The fraction of sp³-hybridized carbons (Fsp3) is 0.385. The van der Waals surface area contributed by atoms with Gasteiger partial charge < -0.3 is 4.74 Å². The first-order chi connectivity index (χ1) is 8.71. The Morgan fingerprint density at radius 1 is 1.26 bits per heavy atom. The number of para-hydroxylation sites is 1. The normalized spacial score (nSPS) is 11.3. The molecule has 19 heavy (non-hydrogen) atoms. The summed E-state index contributed by atoms with van der Waals surface area (Å²) in [6.45, 7) is 6.81. The molecule has 104 valence electrons. The molecule has 0 aliphatic heterocycles. The van der Waals surface area contributed by atoms with Gasteiger partial charge in [0.05, 0.1) is 5.56 Å². The third-order valence-electron chi connectivity index (χ3n) is 2.17. The number of carbonyl (C=O) groups is 2. The molecule has 0 saturated heterocycles. The molecule has 1 N–H and O–H groups in total. The molecule has 0 saturated carbocycles. The number of amides is 1. The lowest BCUT2D eigenvalue weighted by Gasteiger charge is -2.28. The van der Waals surface area contributed by atoms with Crippen LogP contribution in [0.15, 0.2) is 24.3 Å². The second-order valence-corrected chi connectivity index (χ2v) is 5.32. The molecule has 0 spiro atoms. The van der Waals surface area contributed by atoms with Crippen LogP contribution in [0.5, 0.6) is 5.75 Å². The van der Waals surface area contributed by atoms with Crippen LogP contribution in [0.3, 0.4) is 0 Å². The van der Waals surface area contributed by atoms with Crippen molar-refractivity contribution in [3.63, 3.8) is 0 Å². The second kappa shape index (κ2) is 6.04. The third kappa shape index (κ3) is 4.54. The van der Waals surface area contributed by atoms with E-state index in [9.17, 15) is 9.59 Å². The highest BCUT2D eigenvalue weighted by Crippen LogP contribution is 2.19. The maximum Gasteiger partial charge on any atom is 0.308 e. The lowest BCUT2D eigenvalue weighted by atomic mass is 10.1. The van der Waals surface area contributed by atoms with Gasteiger partial charge in [-0.15, -0.1) is 4.53 Å². The zero-order chi connectivity index (χ0) is 14.6. The first-order valence-electron chi connectivity index (χ1n) is 5.76. The van der Waals surface area contributed by atoms with Crippen molar-refractivity contribution in [1.82, 2.24) is 9.95 Å². The van der Waals surface area contributed by atoms with Crippen LogP contribution in [-0.2, 0) is 4.79 Å². The molecule has 0 radical (unpaired) electrons. The van der Waals surface area contributed by atoms with E-state index >= 15 is 0 Å². The van der Waals surface area contributed by atoms with Crippen molar-refractivity contribution in [1.29, 1.82) is 0 Å². The minimum atomic E-state index is -0.487. The number of carbonyl (C=O) groups excluding carboxylic acids is 2. The smallest absolute Gasteiger partial charge is 0.308 e. The highest BCUT2D eigenvalue weighted by atomic mass is 35.5. The molecular weight excluding hydrogens is 268 g/mol. The Balaban J connectivity index is 2.91. The summed E-state index contributed by atoms with van der Waals surface area (Å²) in [4.78, 5) is 23.1. The van der Waals surface area contributed by atoms with E-state index in [-0.39, 0.29) is 11.3 Å². The molecule has 0 aliphatic carbocycles. The van der Waals surface area contributed by atoms with E-state index in [0.717, 1.165) is 0 Å². The van der Waals surface area contributed by atoms with Crippen molar-refractivity contribution in [3.05, 3.63) is 29.8 Å². The number of esters is 1. The summed E-state index contributed by atoms with van der Waals surface area (Å²) >= 11 is 5.95. The SMILES string of the molecule is CC(=O)Oc1ccccc1C(=O)NN(Cl)C(C)(C)C. The monoisotopic (exact) mass is 284 g/mol. The molecule has 0 atom stereocenters. The average molecular weight is 285 g/mol. The van der Waals surface area contributed by atoms with Gasteiger partial charge in [0.1, 0.15) is 5.75 Å². The largest absolute Gasteiger partial charge is 0.426 e. The molecule has 1 aromatic rings. The number of halogens is 1. The van der Waals surface area contributed by atoms with Crippen molar-refractivity contribution in [2.24, 2.45) is 0 Å². The quantitative estimate of drug-likeness (QED) is 0.401. The number of nitrogens with zero attached hydrogens (tertiary/aromatic N) is 1. The molecule has 6 heteroatoms. The van der Waals surface area contributed by atoms with Gasteiger partial charge in [-0.25, -0.2) is 0 Å². The van der Waals surface area contributed by atoms with Crippen LogP contribution >= 0.6 is 11.8 Å². The molecule has 1 aromatic carbocycles. The van der Waals surface area contributed by atoms with Gasteiger partial charge in [0, 0.05) is 24.2 Å². The number of hydrazine groups is 1. The van der Waals surface area contributed by atoms with Gasteiger partial charge in [-0.1, -0.05) is 12.1 Å². The highest BCUT2D eigenvalue weighted by molar-refractivity contribution is 6.15. The van der Waals surface area contributed by atoms with Crippen molar-refractivity contribution >= 4 is 23.7 Å². The van der Waals surface area contributed by atoms with Gasteiger partial charge in [0.15, 0.2) is 0 Å². The van der Waals surface area contributed by atoms with Gasteiger partial charge in [-0.2, -0.15) is 0 Å². The minimum absolute atomic E-state index is 0.200. The van der Waals surface area contributed by atoms with Gasteiger partial charge in [0.25, 0.3) is 5.91 Å². The summed E-state index contributed by atoms with van der Waals surface area (Å²) in [5, 5.41) is 0. The van der Waals surface area contributed by atoms with Crippen LogP contribution in [0.1, 0.15) is 38.1 Å². The van der Waals surface area contributed by atoms with Gasteiger partial charge in [-0.3, -0.25) is 15.0 Å². The number of hydrogen-bond acceptors (Lipinski definition) is 4. The highest BCUT2D eigenvalue weighted by Gasteiger charge is 2.23. The van der Waals surface area contributed by atoms with Gasteiger partial charge >= 0.3 is 5.97 Å². The fourth-order valence-electron chi connectivity index (χ4n) is 1.22. The Labute approximate surface area is 117 Å². The van der Waals surface area contributed by atoms with E-state index in [1.807, 2.05) is 20.8 Å². The van der Waals surface area contributed by atoms with Crippen molar-refractivity contribution in [2.75, 3.05) is 0 Å². The number of benzene rings is 1. The number of nitrogens with one attached hydrogen (secondary N) is 1. The van der Waals surface area contributed by atoms with Gasteiger partial charge in [-0.05, 0) is 32.9 Å². The summed E-state index contributed by atoms with van der Waals surface area (Å²) in [6.07, 6.45) is 0. The summed E-state index contributed by atoms with van der Waals surface area (Å²) in [5.41, 5.74) is 2.32. The van der Waals surface area contributed by atoms with Crippen LogP contribution in [0.2, 0.25) is 0 Å². The van der Waals surface area contributed by atoms with E-state index in [2.05, 4.69) is 5.43 Å². The average Bonchev–Trinajstić information content (AvgIpc) is 2.27. The Kier molecular flexibility index (Phi) is 4.91. The Bertz CT molecular complexity index is 483. The number of rotatable bonds is 3. The second-order valence-electron chi connectivity index (χ2n) is 4.98. The molecule has 0 bridgehead atoms. The topological polar surface area (TPSA) is 58.6 Å². The molecule has 0 unspecified atom stereocenters. The molecule has 5 nitrogen and oxygen atoms in total. The first-order valence-corrected chi connectivity index (χ1v) is 6.10. The van der Waals surface area contributed by atoms with Crippen LogP contribution < -0.4 is 10.2 Å². The standard InChI is InChI=1S/C13H17ClN2O3/c1-9(17)19-11-8-6-5-7-10(11)12(18)15-16(14)13(2,3)4/h5-8H,1-4H3,(H,15,18). The molecular formula is C13H17ClN2O3. The molecule has 0 heterocycles. The predicted molar refractivity (Wildman–Crippen MR) is 72.7 cm³/mol. The lowest BCUT2D eigenvalue weighted by Crippen LogP contribution is -2.46. The van der Waals surface area contributed by atoms with Crippen LogP contribution in [-0.4, -0.2) is 21.9 Å². The summed E-state index contributed by atoms with van der Waals surface area (Å²) < 4.78 is 6.15.